The smallest absolute Gasteiger partial charge is 0.233 e. The summed E-state index contributed by atoms with van der Waals surface area (Å²) < 4.78 is 10.8. The molecule has 3 aromatic carbocycles. The molecule has 1 aliphatic heterocycles. The number of nitrogens with zero attached hydrogens (tertiary/aromatic N) is 1. The summed E-state index contributed by atoms with van der Waals surface area (Å²) >= 11 is 1.59. The van der Waals surface area contributed by atoms with Crippen molar-refractivity contribution in [1.29, 1.82) is 0 Å². The summed E-state index contributed by atoms with van der Waals surface area (Å²) in [5.41, 5.74) is 4.73. The van der Waals surface area contributed by atoms with E-state index in [-0.39, 0.29) is 5.91 Å². The standard InChI is InChI=1S/C25H25NO3S/c1-28-23-14-20-12-13-26(16-21(20)15-24(23)29-2)25(27)17-30-22-10-8-19(9-11-22)18-6-4-3-5-7-18/h3-11,14-15H,12-13,16-17H2,1-2H3. The third-order valence-electron chi connectivity index (χ3n) is 5.39. The van der Waals surface area contributed by atoms with Crippen molar-refractivity contribution in [2.45, 2.75) is 17.9 Å². The number of carbonyl (C=O) groups excluding carboxylic acids is 1. The van der Waals surface area contributed by atoms with E-state index >= 15 is 0 Å². The molecular weight excluding hydrogens is 394 g/mol. The summed E-state index contributed by atoms with van der Waals surface area (Å²) in [4.78, 5) is 15.8. The molecule has 4 rings (SSSR count). The maximum atomic E-state index is 12.8. The van der Waals surface area contributed by atoms with Crippen molar-refractivity contribution < 1.29 is 14.3 Å². The van der Waals surface area contributed by atoms with E-state index in [2.05, 4.69) is 36.4 Å². The van der Waals surface area contributed by atoms with E-state index in [0.29, 0.717) is 18.0 Å². The number of amides is 1. The second kappa shape index (κ2) is 9.26. The number of hydrogen-bond donors (Lipinski definition) is 0. The van der Waals surface area contributed by atoms with Crippen molar-refractivity contribution in [3.63, 3.8) is 0 Å². The monoisotopic (exact) mass is 419 g/mol. The van der Waals surface area contributed by atoms with Crippen LogP contribution in [0.25, 0.3) is 11.1 Å². The normalized spacial score (nSPS) is 12.9. The molecule has 4 nitrogen and oxygen atoms in total. The van der Waals surface area contributed by atoms with Crippen LogP contribution in [0.5, 0.6) is 11.5 Å². The molecule has 0 saturated carbocycles. The van der Waals surface area contributed by atoms with Crippen LogP contribution in [-0.4, -0.2) is 37.3 Å². The first-order chi connectivity index (χ1) is 14.7. The molecule has 5 heteroatoms. The van der Waals surface area contributed by atoms with E-state index in [0.717, 1.165) is 29.2 Å². The molecule has 0 atom stereocenters. The molecule has 3 aromatic rings. The molecule has 0 bridgehead atoms. The van der Waals surface area contributed by atoms with E-state index in [4.69, 9.17) is 9.47 Å². The van der Waals surface area contributed by atoms with E-state index in [9.17, 15) is 4.79 Å². The summed E-state index contributed by atoms with van der Waals surface area (Å²) in [6.07, 6.45) is 0.831. The van der Waals surface area contributed by atoms with Crippen LogP contribution in [0.1, 0.15) is 11.1 Å². The summed E-state index contributed by atoms with van der Waals surface area (Å²) in [7, 11) is 3.28. The number of fused-ring (bicyclic) bond motifs is 1. The van der Waals surface area contributed by atoms with Gasteiger partial charge < -0.3 is 14.4 Å². The molecule has 1 amide bonds. The zero-order valence-corrected chi connectivity index (χ0v) is 18.1. The van der Waals surface area contributed by atoms with Crippen LogP contribution in [0.15, 0.2) is 71.6 Å². The number of benzene rings is 3. The fourth-order valence-corrected chi connectivity index (χ4v) is 4.51. The van der Waals surface area contributed by atoms with Gasteiger partial charge in [-0.2, -0.15) is 0 Å². The van der Waals surface area contributed by atoms with E-state index < -0.39 is 0 Å². The van der Waals surface area contributed by atoms with Crippen LogP contribution in [0.4, 0.5) is 0 Å². The highest BCUT2D eigenvalue weighted by Crippen LogP contribution is 2.33. The SMILES string of the molecule is COc1cc2c(cc1OC)CN(C(=O)CSc1ccc(-c3ccccc3)cc1)CC2. The molecule has 1 heterocycles. The second-order valence-electron chi connectivity index (χ2n) is 7.22. The van der Waals surface area contributed by atoms with Crippen molar-refractivity contribution in [1.82, 2.24) is 4.90 Å². The second-order valence-corrected chi connectivity index (χ2v) is 8.27. The van der Waals surface area contributed by atoms with Crippen molar-refractivity contribution >= 4 is 17.7 Å². The van der Waals surface area contributed by atoms with Gasteiger partial charge in [-0.15, -0.1) is 11.8 Å². The fourth-order valence-electron chi connectivity index (χ4n) is 3.71. The van der Waals surface area contributed by atoms with Crippen LogP contribution < -0.4 is 9.47 Å². The molecule has 0 saturated heterocycles. The maximum absolute atomic E-state index is 12.8. The highest BCUT2D eigenvalue weighted by Gasteiger charge is 2.22. The number of carbonyl (C=O) groups is 1. The lowest BCUT2D eigenvalue weighted by molar-refractivity contribution is -0.129. The number of ether oxygens (including phenoxy) is 2. The minimum absolute atomic E-state index is 0.160. The van der Waals surface area contributed by atoms with E-state index in [1.807, 2.05) is 35.2 Å². The fraction of sp³-hybridized carbons (Fsp3) is 0.240. The molecular formula is C25H25NO3S. The predicted octanol–water partition coefficient (Wildman–Crippen LogP) is 5.05. The third-order valence-corrected chi connectivity index (χ3v) is 6.39. The Morgan fingerprint density at radius 2 is 1.53 bits per heavy atom. The summed E-state index contributed by atoms with van der Waals surface area (Å²) in [6.45, 7) is 1.34. The number of methoxy groups -OCH3 is 2. The molecule has 0 fully saturated rings. The van der Waals surface area contributed by atoms with Crippen molar-refractivity contribution in [3.05, 3.63) is 77.9 Å². The van der Waals surface area contributed by atoms with Crippen LogP contribution in [-0.2, 0) is 17.8 Å². The quantitative estimate of drug-likeness (QED) is 0.524. The Balaban J connectivity index is 1.37. The largest absolute Gasteiger partial charge is 0.493 e. The number of thioether (sulfide) groups is 1. The molecule has 0 aliphatic carbocycles. The third kappa shape index (κ3) is 4.46. The number of hydrogen-bond acceptors (Lipinski definition) is 4. The molecule has 0 spiro atoms. The first-order valence-corrected chi connectivity index (χ1v) is 11.0. The molecule has 30 heavy (non-hydrogen) atoms. The van der Waals surface area contributed by atoms with E-state index in [1.54, 1.807) is 26.0 Å². The average Bonchev–Trinajstić information content (AvgIpc) is 2.82. The van der Waals surface area contributed by atoms with Gasteiger partial charge >= 0.3 is 0 Å². The van der Waals surface area contributed by atoms with Crippen LogP contribution in [0, 0.1) is 0 Å². The van der Waals surface area contributed by atoms with Gasteiger partial charge in [0.2, 0.25) is 5.91 Å². The van der Waals surface area contributed by atoms with Gasteiger partial charge in [-0.3, -0.25) is 4.79 Å². The van der Waals surface area contributed by atoms with Gasteiger partial charge in [-0.25, -0.2) is 0 Å². The Morgan fingerprint density at radius 3 is 2.20 bits per heavy atom. The molecule has 0 N–H and O–H groups in total. The molecule has 154 valence electrons. The first-order valence-electron chi connectivity index (χ1n) is 9.98. The van der Waals surface area contributed by atoms with Crippen molar-refractivity contribution in [2.24, 2.45) is 0 Å². The van der Waals surface area contributed by atoms with Gasteiger partial charge in [0, 0.05) is 18.0 Å². The van der Waals surface area contributed by atoms with Crippen molar-refractivity contribution in [2.75, 3.05) is 26.5 Å². The Kier molecular flexibility index (Phi) is 6.29. The highest BCUT2D eigenvalue weighted by atomic mass is 32.2. The summed E-state index contributed by atoms with van der Waals surface area (Å²) in [5, 5.41) is 0. The Morgan fingerprint density at radius 1 is 0.900 bits per heavy atom. The lowest BCUT2D eigenvalue weighted by atomic mass is 9.99. The van der Waals surface area contributed by atoms with Crippen LogP contribution in [0.2, 0.25) is 0 Å². The maximum Gasteiger partial charge on any atom is 0.233 e. The molecule has 1 aliphatic rings. The first kappa shape index (κ1) is 20.4. The summed E-state index contributed by atoms with van der Waals surface area (Å²) in [6, 6.07) is 22.7. The number of rotatable bonds is 6. The molecule has 0 aromatic heterocycles. The van der Waals surface area contributed by atoms with E-state index in [1.165, 1.54) is 16.7 Å². The van der Waals surface area contributed by atoms with Crippen molar-refractivity contribution in [3.8, 4) is 22.6 Å². The summed E-state index contributed by atoms with van der Waals surface area (Å²) in [5.74, 6) is 2.05. The van der Waals surface area contributed by atoms with Crippen LogP contribution >= 0.6 is 11.8 Å². The van der Waals surface area contributed by atoms with Gasteiger partial charge in [0.15, 0.2) is 11.5 Å². The minimum atomic E-state index is 0.160. The Bertz CT molecular complexity index is 1020. The Hall–Kier alpha value is -2.92. The van der Waals surface area contributed by atoms with Gasteiger partial charge in [-0.1, -0.05) is 42.5 Å². The zero-order chi connectivity index (χ0) is 20.9. The average molecular weight is 420 g/mol. The topological polar surface area (TPSA) is 38.8 Å². The highest BCUT2D eigenvalue weighted by molar-refractivity contribution is 8.00. The minimum Gasteiger partial charge on any atom is -0.493 e. The lowest BCUT2D eigenvalue weighted by Crippen LogP contribution is -2.37. The van der Waals surface area contributed by atoms with Gasteiger partial charge in [-0.05, 0) is 52.9 Å². The Labute approximate surface area is 181 Å². The zero-order valence-electron chi connectivity index (χ0n) is 17.3. The van der Waals surface area contributed by atoms with Gasteiger partial charge in [0.05, 0.1) is 20.0 Å². The lowest BCUT2D eigenvalue weighted by Gasteiger charge is -2.29. The molecule has 0 radical (unpaired) electrons. The van der Waals surface area contributed by atoms with Gasteiger partial charge in [0.25, 0.3) is 0 Å². The van der Waals surface area contributed by atoms with Gasteiger partial charge in [0.1, 0.15) is 0 Å². The molecule has 0 unspecified atom stereocenters. The predicted molar refractivity (Wildman–Crippen MR) is 121 cm³/mol. The van der Waals surface area contributed by atoms with Crippen LogP contribution in [0.3, 0.4) is 0 Å².